The van der Waals surface area contributed by atoms with E-state index in [9.17, 15) is 9.59 Å². The van der Waals surface area contributed by atoms with Crippen LogP contribution in [0.2, 0.25) is 0 Å². The Labute approximate surface area is 422 Å². The molecule has 392 valence electrons. The molecule has 0 N–H and O–H groups in total. The molecule has 0 unspecified atom stereocenters. The molecule has 0 aromatic rings. The van der Waals surface area contributed by atoms with Crippen LogP contribution in [0.4, 0.5) is 0 Å². The van der Waals surface area contributed by atoms with E-state index in [0.29, 0.717) is 25.9 Å². The van der Waals surface area contributed by atoms with Crippen molar-refractivity contribution in [1.82, 2.24) is 0 Å². The van der Waals surface area contributed by atoms with Crippen molar-refractivity contribution >= 4 is 11.9 Å². The molecule has 0 aliphatic rings. The molecule has 0 spiro atoms. The van der Waals surface area contributed by atoms with E-state index in [1.54, 1.807) is 0 Å². The van der Waals surface area contributed by atoms with E-state index < -0.39 is 6.10 Å². The minimum absolute atomic E-state index is 0.115. The van der Waals surface area contributed by atoms with Crippen LogP contribution in [-0.2, 0) is 23.8 Å². The fraction of sp³-hybridized carbons (Fsp3) is 0.746. The fourth-order valence-corrected chi connectivity index (χ4v) is 8.10. The predicted molar refractivity (Wildman–Crippen MR) is 297 cm³/mol. The van der Waals surface area contributed by atoms with E-state index in [0.717, 1.165) is 64.2 Å². The van der Waals surface area contributed by atoms with Gasteiger partial charge in [-0.1, -0.05) is 266 Å². The summed E-state index contributed by atoms with van der Waals surface area (Å²) < 4.78 is 17.4. The number of rotatable bonds is 53. The van der Waals surface area contributed by atoms with Crippen LogP contribution in [0.25, 0.3) is 0 Å². The van der Waals surface area contributed by atoms with E-state index in [-0.39, 0.29) is 25.2 Å². The van der Waals surface area contributed by atoms with Crippen LogP contribution < -0.4 is 0 Å². The second-order valence-corrected chi connectivity index (χ2v) is 19.2. The number of ether oxygens (including phenoxy) is 3. The number of carbonyl (C=O) groups excluding carboxylic acids is 2. The molecule has 0 aliphatic heterocycles. The van der Waals surface area contributed by atoms with Gasteiger partial charge in [0.1, 0.15) is 19.3 Å². The van der Waals surface area contributed by atoms with Crippen molar-refractivity contribution in [3.8, 4) is 0 Å². The van der Waals surface area contributed by atoms with Crippen LogP contribution in [0.15, 0.2) is 85.1 Å². The summed E-state index contributed by atoms with van der Waals surface area (Å²) in [6.45, 7) is 7.55. The molecule has 0 fully saturated rings. The molecular weight excluding hydrogens is 837 g/mol. The van der Waals surface area contributed by atoms with Gasteiger partial charge in [0, 0.05) is 19.4 Å². The summed E-state index contributed by atoms with van der Waals surface area (Å²) >= 11 is 0. The highest BCUT2D eigenvalue weighted by molar-refractivity contribution is 5.70. The van der Waals surface area contributed by atoms with Crippen LogP contribution in [-0.4, -0.2) is 37.9 Å². The summed E-state index contributed by atoms with van der Waals surface area (Å²) in [5.41, 5.74) is 0. The molecule has 0 saturated carbocycles. The van der Waals surface area contributed by atoms with Gasteiger partial charge in [-0.25, -0.2) is 0 Å². The maximum atomic E-state index is 12.7. The first-order chi connectivity index (χ1) is 33.6. The molecule has 0 aliphatic carbocycles. The first-order valence-corrected chi connectivity index (χ1v) is 29.1. The zero-order valence-corrected chi connectivity index (χ0v) is 45.1. The first kappa shape index (κ1) is 65.1. The Balaban J connectivity index is 4.37. The molecule has 0 saturated heterocycles. The minimum atomic E-state index is -0.435. The topological polar surface area (TPSA) is 61.8 Å². The summed E-state index contributed by atoms with van der Waals surface area (Å²) in [5, 5.41) is 0. The van der Waals surface area contributed by atoms with Gasteiger partial charge in [-0.2, -0.15) is 0 Å². The van der Waals surface area contributed by atoms with Crippen molar-refractivity contribution < 1.29 is 23.8 Å². The third-order valence-corrected chi connectivity index (χ3v) is 12.5. The van der Waals surface area contributed by atoms with Gasteiger partial charge >= 0.3 is 11.9 Å². The van der Waals surface area contributed by atoms with Gasteiger partial charge in [-0.15, -0.1) is 0 Å². The highest BCUT2D eigenvalue weighted by atomic mass is 16.6. The zero-order valence-electron chi connectivity index (χ0n) is 45.1. The molecule has 5 nitrogen and oxygen atoms in total. The number of esters is 2. The van der Waals surface area contributed by atoms with Gasteiger partial charge in [-0.05, 0) is 83.5 Å². The van der Waals surface area contributed by atoms with E-state index in [4.69, 9.17) is 14.2 Å². The maximum Gasteiger partial charge on any atom is 0.306 e. The largest absolute Gasteiger partial charge is 0.463 e. The number of hydrogen-bond acceptors (Lipinski definition) is 5. The van der Waals surface area contributed by atoms with E-state index in [1.165, 1.54) is 173 Å². The maximum absolute atomic E-state index is 12.7. The van der Waals surface area contributed by atoms with Gasteiger partial charge in [0.15, 0.2) is 0 Å². The highest BCUT2D eigenvalue weighted by Crippen LogP contribution is 2.15. The van der Waals surface area contributed by atoms with Gasteiger partial charge in [0.25, 0.3) is 0 Å². The molecule has 0 aromatic heterocycles. The third-order valence-electron chi connectivity index (χ3n) is 12.5. The quantitative estimate of drug-likeness (QED) is 0.0345. The van der Waals surface area contributed by atoms with Crippen LogP contribution in [0, 0.1) is 0 Å². The van der Waals surface area contributed by atoms with Gasteiger partial charge in [0.2, 0.25) is 0 Å². The summed E-state index contributed by atoms with van der Waals surface area (Å²) in [6.07, 6.45) is 77.8. The van der Waals surface area contributed by atoms with Crippen molar-refractivity contribution in [2.75, 3.05) is 19.8 Å². The Hall–Kier alpha value is -2.92. The van der Waals surface area contributed by atoms with Crippen molar-refractivity contribution in [1.29, 1.82) is 0 Å². The number of hydrogen-bond donors (Lipinski definition) is 0. The lowest BCUT2D eigenvalue weighted by atomic mass is 10.0. The lowest BCUT2D eigenvalue weighted by molar-refractivity contribution is -0.155. The van der Waals surface area contributed by atoms with Crippen molar-refractivity contribution in [3.05, 3.63) is 85.1 Å². The van der Waals surface area contributed by atoms with E-state index in [2.05, 4.69) is 99.8 Å². The van der Waals surface area contributed by atoms with Crippen molar-refractivity contribution in [3.63, 3.8) is 0 Å². The Kier molecular flexibility index (Phi) is 55.9. The van der Waals surface area contributed by atoms with Crippen molar-refractivity contribution in [2.24, 2.45) is 0 Å². The fourth-order valence-electron chi connectivity index (χ4n) is 8.10. The van der Waals surface area contributed by atoms with Crippen LogP contribution in [0.3, 0.4) is 0 Å². The SMILES string of the molecule is CC/C=C\C/C=C\C/C=C\C/C=C\C/C=C\C/C=C\CCC(=O)OC[C@H](COC(=O)CCCCCCCCC/C=C\CCCCCCCC)OCCCCCCCCCCCCCCCCCC. The lowest BCUT2D eigenvalue weighted by Gasteiger charge is -2.18. The Morgan fingerprint density at radius 3 is 1.03 bits per heavy atom. The lowest BCUT2D eigenvalue weighted by Crippen LogP contribution is -2.29. The molecule has 68 heavy (non-hydrogen) atoms. The second kappa shape index (κ2) is 58.4. The molecule has 5 heteroatoms. The molecule has 0 heterocycles. The predicted octanol–water partition coefficient (Wildman–Crippen LogP) is 20.0. The number of carbonyl (C=O) groups is 2. The molecule has 0 aromatic carbocycles. The smallest absolute Gasteiger partial charge is 0.306 e. The first-order valence-electron chi connectivity index (χ1n) is 29.1. The molecule has 0 radical (unpaired) electrons. The van der Waals surface area contributed by atoms with Gasteiger partial charge < -0.3 is 14.2 Å². The second-order valence-electron chi connectivity index (χ2n) is 19.2. The normalized spacial score (nSPS) is 12.8. The van der Waals surface area contributed by atoms with Gasteiger partial charge in [0.05, 0.1) is 0 Å². The monoisotopic (exact) mass is 947 g/mol. The van der Waals surface area contributed by atoms with Gasteiger partial charge in [-0.3, -0.25) is 9.59 Å². The molecule has 0 amide bonds. The van der Waals surface area contributed by atoms with E-state index in [1.807, 2.05) is 6.08 Å². The molecular formula is C63H110O5. The van der Waals surface area contributed by atoms with E-state index >= 15 is 0 Å². The summed E-state index contributed by atoms with van der Waals surface area (Å²) in [7, 11) is 0. The Morgan fingerprint density at radius 2 is 0.632 bits per heavy atom. The summed E-state index contributed by atoms with van der Waals surface area (Å²) in [5.74, 6) is -0.426. The highest BCUT2D eigenvalue weighted by Gasteiger charge is 2.16. The average Bonchev–Trinajstić information content (AvgIpc) is 3.34. The average molecular weight is 948 g/mol. The van der Waals surface area contributed by atoms with Crippen molar-refractivity contribution in [2.45, 2.75) is 284 Å². The Bertz CT molecular complexity index is 1250. The summed E-state index contributed by atoms with van der Waals surface area (Å²) in [4.78, 5) is 25.3. The Morgan fingerprint density at radius 1 is 0.324 bits per heavy atom. The minimum Gasteiger partial charge on any atom is -0.463 e. The summed E-state index contributed by atoms with van der Waals surface area (Å²) in [6, 6.07) is 0. The zero-order chi connectivity index (χ0) is 49.2. The third kappa shape index (κ3) is 55.7. The number of unbranched alkanes of at least 4 members (excludes halogenated alkanes) is 28. The standard InChI is InChI=1S/C63H110O5/c1-4-7-10-13-16-19-22-25-28-31-32-34-36-39-42-45-48-51-54-57-63(65)68-60-61(66-58-55-52-49-46-43-40-37-30-27-24-21-18-15-12-9-6-3)59-67-62(64)56-53-50-47-44-41-38-35-33-29-26-23-20-17-14-11-8-5-2/h7,10,16,19,25-26,28-29,32,34,39,42,48,51,61H,4-6,8-9,11-15,17-18,20-24,27,30-31,33,35-38,40-41,43-47,49-50,52-60H2,1-3H3/b10-7-,19-16-,28-25-,29-26-,34-32-,42-39-,51-48-/t61-/m0/s1. The molecule has 0 rings (SSSR count). The van der Waals surface area contributed by atoms with Crippen LogP contribution in [0.5, 0.6) is 0 Å². The molecule has 0 bridgehead atoms. The number of allylic oxidation sites excluding steroid dienone is 14. The molecule has 1 atom stereocenters. The van der Waals surface area contributed by atoms with Crippen LogP contribution >= 0.6 is 0 Å². The van der Waals surface area contributed by atoms with Crippen LogP contribution in [0.1, 0.15) is 278 Å².